The molecule has 1 aromatic carbocycles. The summed E-state index contributed by atoms with van der Waals surface area (Å²) in [6.45, 7) is 5.96. The van der Waals surface area contributed by atoms with Gasteiger partial charge in [-0.05, 0) is 25.5 Å². The van der Waals surface area contributed by atoms with Gasteiger partial charge >= 0.3 is 0 Å². The lowest BCUT2D eigenvalue weighted by Gasteiger charge is -2.13. The normalized spacial score (nSPS) is 12.4. The van der Waals surface area contributed by atoms with Crippen molar-refractivity contribution < 1.29 is 9.26 Å². The van der Waals surface area contributed by atoms with E-state index in [9.17, 15) is 0 Å². The van der Waals surface area contributed by atoms with Gasteiger partial charge in [-0.2, -0.15) is 4.98 Å². The average molecular weight is 247 g/mol. The van der Waals surface area contributed by atoms with Crippen LogP contribution in [0.4, 0.5) is 0 Å². The molecule has 0 unspecified atom stereocenters. The molecular formula is C13H17N3O2. The van der Waals surface area contributed by atoms with Crippen LogP contribution in [-0.2, 0) is 6.61 Å². The Morgan fingerprint density at radius 1 is 1.39 bits per heavy atom. The van der Waals surface area contributed by atoms with E-state index in [2.05, 4.69) is 10.1 Å². The highest BCUT2D eigenvalue weighted by Gasteiger charge is 2.10. The lowest BCUT2D eigenvalue weighted by molar-refractivity contribution is 0.282. The molecular weight excluding hydrogens is 230 g/mol. The van der Waals surface area contributed by atoms with Gasteiger partial charge < -0.3 is 15.0 Å². The molecule has 0 aliphatic rings. The van der Waals surface area contributed by atoms with Crippen LogP contribution in [0.1, 0.15) is 35.8 Å². The summed E-state index contributed by atoms with van der Waals surface area (Å²) in [5, 5.41) is 3.79. The molecule has 0 amide bonds. The van der Waals surface area contributed by atoms with Crippen LogP contribution >= 0.6 is 0 Å². The third kappa shape index (κ3) is 2.87. The summed E-state index contributed by atoms with van der Waals surface area (Å²) in [5.74, 6) is 1.84. The molecule has 0 saturated heterocycles. The van der Waals surface area contributed by atoms with Crippen LogP contribution in [0.2, 0.25) is 0 Å². The molecule has 2 N–H and O–H groups in total. The van der Waals surface area contributed by atoms with E-state index in [-0.39, 0.29) is 12.6 Å². The number of nitrogens with zero attached hydrogens (tertiary/aromatic N) is 2. The first-order chi connectivity index (χ1) is 8.56. The van der Waals surface area contributed by atoms with Gasteiger partial charge in [-0.1, -0.05) is 17.3 Å². The summed E-state index contributed by atoms with van der Waals surface area (Å²) in [4.78, 5) is 4.09. The molecule has 0 radical (unpaired) electrons. The third-order valence-corrected chi connectivity index (χ3v) is 2.59. The van der Waals surface area contributed by atoms with Crippen molar-refractivity contribution in [1.82, 2.24) is 10.1 Å². The first-order valence-electron chi connectivity index (χ1n) is 5.84. The number of benzene rings is 1. The van der Waals surface area contributed by atoms with Crippen LogP contribution in [0.3, 0.4) is 0 Å². The second-order valence-corrected chi connectivity index (χ2v) is 4.35. The summed E-state index contributed by atoms with van der Waals surface area (Å²) < 4.78 is 10.6. The molecule has 1 atom stereocenters. The van der Waals surface area contributed by atoms with Crippen LogP contribution in [-0.4, -0.2) is 10.1 Å². The molecule has 0 saturated carbocycles. The first kappa shape index (κ1) is 12.6. The van der Waals surface area contributed by atoms with Gasteiger partial charge in [0.05, 0.1) is 0 Å². The van der Waals surface area contributed by atoms with Gasteiger partial charge in [0, 0.05) is 18.5 Å². The Morgan fingerprint density at radius 2 is 2.17 bits per heavy atom. The smallest absolute Gasteiger partial charge is 0.223 e. The van der Waals surface area contributed by atoms with Crippen LogP contribution in [0.25, 0.3) is 0 Å². The Kier molecular flexibility index (Phi) is 3.62. The van der Waals surface area contributed by atoms with E-state index < -0.39 is 0 Å². The van der Waals surface area contributed by atoms with Crippen LogP contribution in [0.5, 0.6) is 5.75 Å². The fourth-order valence-corrected chi connectivity index (χ4v) is 1.68. The number of aryl methyl sites for hydroxylation is 2. The van der Waals surface area contributed by atoms with Crippen molar-refractivity contribution in [3.8, 4) is 5.75 Å². The molecule has 0 bridgehead atoms. The minimum absolute atomic E-state index is 0.0763. The van der Waals surface area contributed by atoms with Crippen molar-refractivity contribution in [1.29, 1.82) is 0 Å². The van der Waals surface area contributed by atoms with Crippen molar-refractivity contribution in [3.05, 3.63) is 41.0 Å². The van der Waals surface area contributed by atoms with Gasteiger partial charge in [-0.15, -0.1) is 0 Å². The number of nitrogens with two attached hydrogens (primary N) is 1. The Labute approximate surface area is 106 Å². The molecule has 1 aromatic heterocycles. The van der Waals surface area contributed by atoms with Crippen LogP contribution in [0.15, 0.2) is 22.7 Å². The number of ether oxygens (including phenoxy) is 1. The molecule has 0 aliphatic carbocycles. The van der Waals surface area contributed by atoms with Gasteiger partial charge in [0.25, 0.3) is 0 Å². The average Bonchev–Trinajstić information content (AvgIpc) is 2.72. The molecule has 5 nitrogen and oxygen atoms in total. The third-order valence-electron chi connectivity index (χ3n) is 2.59. The highest BCUT2D eigenvalue weighted by Crippen LogP contribution is 2.25. The fourth-order valence-electron chi connectivity index (χ4n) is 1.68. The topological polar surface area (TPSA) is 74.2 Å². The molecule has 2 rings (SSSR count). The second-order valence-electron chi connectivity index (χ2n) is 4.35. The molecule has 0 fully saturated rings. The quantitative estimate of drug-likeness (QED) is 0.897. The van der Waals surface area contributed by atoms with Crippen LogP contribution < -0.4 is 10.5 Å². The monoisotopic (exact) mass is 247 g/mol. The van der Waals surface area contributed by atoms with E-state index in [1.165, 1.54) is 0 Å². The Balaban J connectivity index is 2.15. The maximum absolute atomic E-state index is 5.91. The van der Waals surface area contributed by atoms with Crippen molar-refractivity contribution in [2.75, 3.05) is 0 Å². The number of hydrogen-bond donors (Lipinski definition) is 1. The molecule has 96 valence electrons. The number of aromatic nitrogens is 2. The predicted molar refractivity (Wildman–Crippen MR) is 67.1 cm³/mol. The summed E-state index contributed by atoms with van der Waals surface area (Å²) >= 11 is 0. The van der Waals surface area contributed by atoms with Crippen molar-refractivity contribution in [2.45, 2.75) is 33.4 Å². The first-order valence-corrected chi connectivity index (χ1v) is 5.84. The maximum Gasteiger partial charge on any atom is 0.223 e. The number of hydrogen-bond acceptors (Lipinski definition) is 5. The van der Waals surface area contributed by atoms with E-state index in [1.807, 2.05) is 32.0 Å². The maximum atomic E-state index is 5.91. The second kappa shape index (κ2) is 5.18. The summed E-state index contributed by atoms with van der Waals surface area (Å²) in [6, 6.07) is 5.89. The standard InChI is InChI=1S/C13H17N3O2/c1-8-4-5-11(9(2)14)12(6-8)17-7-13-15-10(3)18-16-13/h4-6,9H,7,14H2,1-3H3/t9-/m1/s1. The molecule has 0 aliphatic heterocycles. The van der Waals surface area contributed by atoms with Gasteiger partial charge in [0.15, 0.2) is 6.61 Å². The number of rotatable bonds is 4. The minimum Gasteiger partial charge on any atom is -0.485 e. The van der Waals surface area contributed by atoms with Gasteiger partial charge in [-0.25, -0.2) is 0 Å². The molecule has 1 heterocycles. The van der Waals surface area contributed by atoms with Crippen molar-refractivity contribution in [2.24, 2.45) is 5.73 Å². The van der Waals surface area contributed by atoms with E-state index in [1.54, 1.807) is 6.92 Å². The van der Waals surface area contributed by atoms with Gasteiger partial charge in [0.2, 0.25) is 11.7 Å². The van der Waals surface area contributed by atoms with Gasteiger partial charge in [-0.3, -0.25) is 0 Å². The van der Waals surface area contributed by atoms with Gasteiger partial charge in [0.1, 0.15) is 5.75 Å². The predicted octanol–water partition coefficient (Wildman–Crippen LogP) is 2.29. The Bertz CT molecular complexity index is 535. The molecule has 2 aromatic rings. The Morgan fingerprint density at radius 3 is 2.78 bits per heavy atom. The van der Waals surface area contributed by atoms with Crippen molar-refractivity contribution >= 4 is 0 Å². The fraction of sp³-hybridized carbons (Fsp3) is 0.385. The van der Waals surface area contributed by atoms with E-state index >= 15 is 0 Å². The molecule has 18 heavy (non-hydrogen) atoms. The zero-order valence-electron chi connectivity index (χ0n) is 10.8. The summed E-state index contributed by atoms with van der Waals surface area (Å²) in [5.41, 5.74) is 8.00. The minimum atomic E-state index is -0.0763. The summed E-state index contributed by atoms with van der Waals surface area (Å²) in [7, 11) is 0. The van der Waals surface area contributed by atoms with E-state index in [0.29, 0.717) is 11.7 Å². The lowest BCUT2D eigenvalue weighted by atomic mass is 10.1. The van der Waals surface area contributed by atoms with E-state index in [4.69, 9.17) is 15.0 Å². The zero-order valence-corrected chi connectivity index (χ0v) is 10.8. The van der Waals surface area contributed by atoms with Crippen molar-refractivity contribution in [3.63, 3.8) is 0 Å². The SMILES string of the molecule is Cc1ccc([C@@H](C)N)c(OCc2noc(C)n2)c1. The highest BCUT2D eigenvalue weighted by atomic mass is 16.5. The highest BCUT2D eigenvalue weighted by molar-refractivity contribution is 5.38. The van der Waals surface area contributed by atoms with E-state index in [0.717, 1.165) is 16.9 Å². The summed E-state index contributed by atoms with van der Waals surface area (Å²) in [6.07, 6.45) is 0. The molecule has 0 spiro atoms. The lowest BCUT2D eigenvalue weighted by Crippen LogP contribution is -2.08. The largest absolute Gasteiger partial charge is 0.485 e. The van der Waals surface area contributed by atoms with Crippen LogP contribution in [0, 0.1) is 13.8 Å². The zero-order chi connectivity index (χ0) is 13.1. The Hall–Kier alpha value is -1.88. The molecule has 5 heteroatoms.